The van der Waals surface area contributed by atoms with Crippen LogP contribution in [0.2, 0.25) is 0 Å². The van der Waals surface area contributed by atoms with Gasteiger partial charge in [0.1, 0.15) is 30.0 Å². The zero-order valence-electron chi connectivity index (χ0n) is 18.3. The van der Waals surface area contributed by atoms with Gasteiger partial charge in [0.25, 0.3) is 6.33 Å². The van der Waals surface area contributed by atoms with E-state index in [0.29, 0.717) is 0 Å². The molecule has 0 fully saturated rings. The molecule has 0 spiro atoms. The van der Waals surface area contributed by atoms with Gasteiger partial charge in [-0.3, -0.25) is 0 Å². The second kappa shape index (κ2) is 6.83. The molecule has 3 aromatic heterocycles. The molecule has 0 unspecified atom stereocenters. The van der Waals surface area contributed by atoms with Crippen LogP contribution in [0.4, 0.5) is 0 Å². The van der Waals surface area contributed by atoms with E-state index in [2.05, 4.69) is 127 Å². The van der Waals surface area contributed by atoms with Gasteiger partial charge in [0, 0.05) is 6.07 Å². The van der Waals surface area contributed by atoms with Gasteiger partial charge in [-0.15, -0.1) is 0 Å². The molecule has 1 aromatic carbocycles. The Morgan fingerprint density at radius 3 is 2.34 bits per heavy atom. The quantitative estimate of drug-likeness (QED) is 0.488. The van der Waals surface area contributed by atoms with Gasteiger partial charge < -0.3 is 0 Å². The predicted molar refractivity (Wildman–Crippen MR) is 115 cm³/mol. The molecule has 5 nitrogen and oxygen atoms in total. The summed E-state index contributed by atoms with van der Waals surface area (Å²) in [5, 5.41) is 0. The van der Waals surface area contributed by atoms with E-state index in [1.165, 1.54) is 11.0 Å². The number of hydrogen-bond acceptors (Lipinski definition) is 1. The van der Waals surface area contributed by atoms with Crippen LogP contribution in [0.5, 0.6) is 0 Å². The molecule has 0 bridgehead atoms. The van der Waals surface area contributed by atoms with Gasteiger partial charge in [-0.05, 0) is 59.7 Å². The fourth-order valence-electron chi connectivity index (χ4n) is 3.60. The fraction of sp³-hybridized carbons (Fsp3) is 0.375. The lowest BCUT2D eigenvalue weighted by Gasteiger charge is -2.14. The van der Waals surface area contributed by atoms with Gasteiger partial charge in [0.15, 0.2) is 11.0 Å². The van der Waals surface area contributed by atoms with Crippen molar-refractivity contribution < 1.29 is 9.13 Å². The highest BCUT2D eigenvalue weighted by Gasteiger charge is 2.25. The lowest BCUT2D eigenvalue weighted by atomic mass is 10.1. The summed E-state index contributed by atoms with van der Waals surface area (Å²) in [7, 11) is 0. The Bertz CT molecular complexity index is 1150. The fourth-order valence-corrected chi connectivity index (χ4v) is 3.60. The van der Waals surface area contributed by atoms with Gasteiger partial charge in [0.2, 0.25) is 12.1 Å². The number of aromatic nitrogens is 5. The van der Waals surface area contributed by atoms with Gasteiger partial charge in [-0.25, -0.2) is 18.7 Å². The molecule has 0 amide bonds. The highest BCUT2D eigenvalue weighted by molar-refractivity contribution is 5.72. The van der Waals surface area contributed by atoms with Crippen LogP contribution in [-0.4, -0.2) is 14.1 Å². The first-order chi connectivity index (χ1) is 13.6. The van der Waals surface area contributed by atoms with Crippen molar-refractivity contribution in [2.24, 2.45) is 0 Å². The van der Waals surface area contributed by atoms with Crippen molar-refractivity contribution in [3.05, 3.63) is 73.2 Å². The molecule has 0 saturated carbocycles. The standard InChI is InChI=1S/C24H31N5/c1-23(2,3)28-15-14-26(17-28)22-13-9-10-19(25-22)16-27-18-29(24(4,5)6)21-12-8-7-11-20(21)27/h7-15,17-18H,16H2,1-6H3/q+2. The van der Waals surface area contributed by atoms with Crippen molar-refractivity contribution in [3.8, 4) is 5.82 Å². The molecule has 5 heteroatoms. The molecule has 4 rings (SSSR count). The first-order valence-corrected chi connectivity index (χ1v) is 10.2. The minimum Gasteiger partial charge on any atom is -0.232 e. The Labute approximate surface area is 172 Å². The van der Waals surface area contributed by atoms with Crippen molar-refractivity contribution in [1.82, 2.24) is 14.1 Å². The van der Waals surface area contributed by atoms with Crippen molar-refractivity contribution in [3.63, 3.8) is 0 Å². The van der Waals surface area contributed by atoms with E-state index in [1.807, 2.05) is 0 Å². The van der Waals surface area contributed by atoms with Gasteiger partial charge in [-0.1, -0.05) is 18.2 Å². The molecule has 0 aliphatic rings. The molecule has 150 valence electrons. The normalized spacial score (nSPS) is 12.6. The maximum Gasteiger partial charge on any atom is 0.250 e. The lowest BCUT2D eigenvalue weighted by Crippen LogP contribution is -2.48. The second-order valence-corrected chi connectivity index (χ2v) is 9.66. The number of para-hydroxylation sites is 2. The number of benzene rings is 1. The van der Waals surface area contributed by atoms with Crippen LogP contribution in [0.25, 0.3) is 16.9 Å². The third-order valence-electron chi connectivity index (χ3n) is 5.23. The number of rotatable bonds is 3. The van der Waals surface area contributed by atoms with Crippen molar-refractivity contribution in [1.29, 1.82) is 0 Å². The SMILES string of the molecule is CC(C)(C)n1c[n+](Cc2cccc(-n3cc[n+](C(C)(C)C)c3)n2)c2ccccc21. The summed E-state index contributed by atoms with van der Waals surface area (Å²) in [5.74, 6) is 0.936. The van der Waals surface area contributed by atoms with E-state index in [9.17, 15) is 0 Å². The number of imidazole rings is 2. The molecule has 29 heavy (non-hydrogen) atoms. The average Bonchev–Trinajstić information content (AvgIpc) is 3.27. The Morgan fingerprint density at radius 2 is 1.66 bits per heavy atom. The molecule has 0 atom stereocenters. The highest BCUT2D eigenvalue weighted by atomic mass is 15.2. The monoisotopic (exact) mass is 389 g/mol. The van der Waals surface area contributed by atoms with E-state index in [1.54, 1.807) is 0 Å². The number of pyridine rings is 1. The van der Waals surface area contributed by atoms with Gasteiger partial charge in [0.05, 0.1) is 5.69 Å². The maximum absolute atomic E-state index is 4.93. The number of hydrogen-bond donors (Lipinski definition) is 0. The molecule has 0 aliphatic heterocycles. The minimum atomic E-state index is 0.0197. The molecule has 0 N–H and O–H groups in total. The van der Waals surface area contributed by atoms with Crippen LogP contribution in [0.1, 0.15) is 47.2 Å². The van der Waals surface area contributed by atoms with Crippen molar-refractivity contribution in [2.45, 2.75) is 59.2 Å². The molecule has 0 saturated heterocycles. The third-order valence-corrected chi connectivity index (χ3v) is 5.23. The van der Waals surface area contributed by atoms with Crippen LogP contribution in [-0.2, 0) is 17.6 Å². The summed E-state index contributed by atoms with van der Waals surface area (Å²) >= 11 is 0. The summed E-state index contributed by atoms with van der Waals surface area (Å²) < 4.78 is 8.91. The van der Waals surface area contributed by atoms with Crippen LogP contribution >= 0.6 is 0 Å². The van der Waals surface area contributed by atoms with Crippen molar-refractivity contribution >= 4 is 11.0 Å². The van der Waals surface area contributed by atoms with E-state index in [-0.39, 0.29) is 11.1 Å². The molecule has 0 radical (unpaired) electrons. The zero-order valence-corrected chi connectivity index (χ0v) is 18.3. The first-order valence-electron chi connectivity index (χ1n) is 10.2. The predicted octanol–water partition coefficient (Wildman–Crippen LogP) is 3.96. The highest BCUT2D eigenvalue weighted by Crippen LogP contribution is 2.21. The second-order valence-electron chi connectivity index (χ2n) is 9.66. The van der Waals surface area contributed by atoms with Crippen LogP contribution < -0.4 is 9.13 Å². The Balaban J connectivity index is 1.70. The number of fused-ring (bicyclic) bond motifs is 1. The average molecular weight is 390 g/mol. The topological polar surface area (TPSA) is 30.5 Å². The van der Waals surface area contributed by atoms with Crippen LogP contribution in [0.3, 0.4) is 0 Å². The van der Waals surface area contributed by atoms with Gasteiger partial charge in [-0.2, -0.15) is 4.57 Å². The minimum absolute atomic E-state index is 0.0197. The molecule has 3 heterocycles. The summed E-state index contributed by atoms with van der Waals surface area (Å²) in [5.41, 5.74) is 3.58. The summed E-state index contributed by atoms with van der Waals surface area (Å²) in [6.07, 6.45) is 8.48. The maximum atomic E-state index is 4.93. The molecule has 0 aliphatic carbocycles. The molecular weight excluding hydrogens is 358 g/mol. The summed E-state index contributed by atoms with van der Waals surface area (Å²) in [4.78, 5) is 4.93. The lowest BCUT2D eigenvalue weighted by molar-refractivity contribution is -0.753. The third kappa shape index (κ3) is 3.82. The van der Waals surface area contributed by atoms with E-state index >= 15 is 0 Å². The largest absolute Gasteiger partial charge is 0.250 e. The van der Waals surface area contributed by atoms with Crippen LogP contribution in [0.15, 0.2) is 67.5 Å². The first kappa shape index (κ1) is 19.4. The van der Waals surface area contributed by atoms with E-state index in [0.717, 1.165) is 18.1 Å². The Kier molecular flexibility index (Phi) is 4.56. The smallest absolute Gasteiger partial charge is 0.232 e. The van der Waals surface area contributed by atoms with E-state index < -0.39 is 0 Å². The molecular formula is C24H31N5+2. The Hall–Kier alpha value is -2.95. The summed E-state index contributed by atoms with van der Waals surface area (Å²) in [6, 6.07) is 14.8. The van der Waals surface area contributed by atoms with Crippen molar-refractivity contribution in [2.75, 3.05) is 0 Å². The Morgan fingerprint density at radius 1 is 0.897 bits per heavy atom. The van der Waals surface area contributed by atoms with E-state index in [4.69, 9.17) is 4.98 Å². The zero-order chi connectivity index (χ0) is 20.8. The van der Waals surface area contributed by atoms with Gasteiger partial charge >= 0.3 is 0 Å². The van der Waals surface area contributed by atoms with Crippen LogP contribution in [0, 0.1) is 0 Å². The molecule has 4 aromatic rings. The number of nitrogens with zero attached hydrogens (tertiary/aromatic N) is 5. The summed E-state index contributed by atoms with van der Waals surface area (Å²) in [6.45, 7) is 14.0.